The summed E-state index contributed by atoms with van der Waals surface area (Å²) < 4.78 is 11.3. The summed E-state index contributed by atoms with van der Waals surface area (Å²) in [7, 11) is 0. The number of nitrogens with zero attached hydrogens (tertiary/aromatic N) is 1. The van der Waals surface area contributed by atoms with Gasteiger partial charge in [0.05, 0.1) is 19.1 Å². The van der Waals surface area contributed by atoms with E-state index in [-0.39, 0.29) is 0 Å². The van der Waals surface area contributed by atoms with E-state index in [1.165, 1.54) is 0 Å². The molecule has 3 rings (SSSR count). The first-order valence-corrected chi connectivity index (χ1v) is 9.02. The molecular formula is C21H25NO4. The van der Waals surface area contributed by atoms with Crippen molar-refractivity contribution in [2.75, 3.05) is 39.5 Å². The van der Waals surface area contributed by atoms with Gasteiger partial charge < -0.3 is 14.6 Å². The monoisotopic (exact) mass is 355 g/mol. The van der Waals surface area contributed by atoms with Gasteiger partial charge in [0.2, 0.25) is 0 Å². The first kappa shape index (κ1) is 18.4. The number of ether oxygens (including phenoxy) is 2. The first-order valence-electron chi connectivity index (χ1n) is 9.02. The third-order valence-corrected chi connectivity index (χ3v) is 4.67. The lowest BCUT2D eigenvalue weighted by Gasteiger charge is -2.26. The van der Waals surface area contributed by atoms with Gasteiger partial charge in [-0.25, -0.2) is 0 Å². The molecule has 5 heteroatoms. The first-order chi connectivity index (χ1) is 12.7. The summed E-state index contributed by atoms with van der Waals surface area (Å²) in [4.78, 5) is 14.1. The van der Waals surface area contributed by atoms with Crippen molar-refractivity contribution in [2.24, 2.45) is 0 Å². The van der Waals surface area contributed by atoms with Gasteiger partial charge in [-0.15, -0.1) is 0 Å². The fraction of sp³-hybridized carbons (Fsp3) is 0.381. The second-order valence-electron chi connectivity index (χ2n) is 6.42. The molecule has 0 spiro atoms. The van der Waals surface area contributed by atoms with Gasteiger partial charge in [0, 0.05) is 19.6 Å². The molecule has 0 bridgehead atoms. The fourth-order valence-corrected chi connectivity index (χ4v) is 3.18. The molecule has 0 radical (unpaired) electrons. The molecule has 1 atom stereocenters. The van der Waals surface area contributed by atoms with Gasteiger partial charge in [-0.05, 0) is 23.6 Å². The standard InChI is InChI=1S/C21H25NO4/c23-21(24)19(17-6-2-1-3-7-17)16-18-8-4-5-9-20(18)26-15-12-22-10-13-25-14-11-22/h1-9,19H,10-16H2,(H,23,24). The maximum absolute atomic E-state index is 11.8. The van der Waals surface area contributed by atoms with Crippen molar-refractivity contribution in [1.29, 1.82) is 0 Å². The average molecular weight is 355 g/mol. The van der Waals surface area contributed by atoms with Crippen molar-refractivity contribution < 1.29 is 19.4 Å². The average Bonchev–Trinajstić information content (AvgIpc) is 2.68. The Morgan fingerprint density at radius 2 is 1.77 bits per heavy atom. The van der Waals surface area contributed by atoms with E-state index >= 15 is 0 Å². The molecule has 138 valence electrons. The Kier molecular flexibility index (Phi) is 6.63. The van der Waals surface area contributed by atoms with Gasteiger partial charge in [-0.3, -0.25) is 9.69 Å². The Morgan fingerprint density at radius 1 is 1.08 bits per heavy atom. The number of hydrogen-bond acceptors (Lipinski definition) is 4. The van der Waals surface area contributed by atoms with Crippen LogP contribution in [0.4, 0.5) is 0 Å². The molecule has 1 aliphatic heterocycles. The molecule has 1 aliphatic rings. The Morgan fingerprint density at radius 3 is 2.50 bits per heavy atom. The summed E-state index contributed by atoms with van der Waals surface area (Å²) in [5.74, 6) is -0.637. The molecular weight excluding hydrogens is 330 g/mol. The van der Waals surface area contributed by atoms with Crippen LogP contribution in [0.15, 0.2) is 54.6 Å². The van der Waals surface area contributed by atoms with Crippen LogP contribution in [0.1, 0.15) is 17.0 Å². The van der Waals surface area contributed by atoms with E-state index in [1.54, 1.807) is 0 Å². The largest absolute Gasteiger partial charge is 0.492 e. The Bertz CT molecular complexity index is 698. The molecule has 0 saturated carbocycles. The highest BCUT2D eigenvalue weighted by Crippen LogP contribution is 2.27. The summed E-state index contributed by atoms with van der Waals surface area (Å²) in [5.41, 5.74) is 1.73. The predicted octanol–water partition coefficient (Wildman–Crippen LogP) is 2.81. The van der Waals surface area contributed by atoms with E-state index in [0.29, 0.717) is 13.0 Å². The maximum atomic E-state index is 11.8. The molecule has 1 fully saturated rings. The second-order valence-corrected chi connectivity index (χ2v) is 6.42. The highest BCUT2D eigenvalue weighted by atomic mass is 16.5. The number of benzene rings is 2. The molecule has 2 aromatic carbocycles. The Hall–Kier alpha value is -2.37. The molecule has 1 heterocycles. The van der Waals surface area contributed by atoms with Gasteiger partial charge in [-0.2, -0.15) is 0 Å². The van der Waals surface area contributed by atoms with E-state index in [2.05, 4.69) is 4.90 Å². The van der Waals surface area contributed by atoms with Crippen molar-refractivity contribution in [2.45, 2.75) is 12.3 Å². The number of carboxylic acid groups (broad SMARTS) is 1. The van der Waals surface area contributed by atoms with E-state index < -0.39 is 11.9 Å². The Balaban J connectivity index is 1.64. The van der Waals surface area contributed by atoms with Crippen LogP contribution in [0.5, 0.6) is 5.75 Å². The summed E-state index contributed by atoms with van der Waals surface area (Å²) in [5, 5.41) is 9.67. The molecule has 2 aromatic rings. The van der Waals surface area contributed by atoms with Crippen LogP contribution in [-0.2, 0) is 16.0 Å². The van der Waals surface area contributed by atoms with Crippen molar-refractivity contribution in [3.63, 3.8) is 0 Å². The van der Waals surface area contributed by atoms with E-state index in [0.717, 1.165) is 49.7 Å². The van der Waals surface area contributed by atoms with Gasteiger partial charge >= 0.3 is 5.97 Å². The van der Waals surface area contributed by atoms with Crippen LogP contribution in [0.2, 0.25) is 0 Å². The quantitative estimate of drug-likeness (QED) is 0.789. The van der Waals surface area contributed by atoms with Gasteiger partial charge in [-0.1, -0.05) is 48.5 Å². The summed E-state index contributed by atoms with van der Waals surface area (Å²) in [6.45, 7) is 4.83. The highest BCUT2D eigenvalue weighted by Gasteiger charge is 2.21. The summed E-state index contributed by atoms with van der Waals surface area (Å²) >= 11 is 0. The Labute approximate surface area is 154 Å². The summed E-state index contributed by atoms with van der Waals surface area (Å²) in [6, 6.07) is 17.1. The van der Waals surface area contributed by atoms with Crippen LogP contribution in [0, 0.1) is 0 Å². The van der Waals surface area contributed by atoms with Crippen LogP contribution in [0.3, 0.4) is 0 Å². The van der Waals surface area contributed by atoms with Crippen LogP contribution in [-0.4, -0.2) is 55.4 Å². The van der Waals surface area contributed by atoms with Crippen molar-refractivity contribution >= 4 is 5.97 Å². The molecule has 1 saturated heterocycles. The lowest BCUT2D eigenvalue weighted by molar-refractivity contribution is -0.138. The lowest BCUT2D eigenvalue weighted by Crippen LogP contribution is -2.38. The number of rotatable bonds is 8. The SMILES string of the molecule is O=C(O)C(Cc1ccccc1OCCN1CCOCC1)c1ccccc1. The third kappa shape index (κ3) is 5.07. The number of morpholine rings is 1. The molecule has 1 N–H and O–H groups in total. The molecule has 0 amide bonds. The topological polar surface area (TPSA) is 59.0 Å². The smallest absolute Gasteiger partial charge is 0.311 e. The number of aliphatic carboxylic acids is 1. The minimum Gasteiger partial charge on any atom is -0.492 e. The van der Waals surface area contributed by atoms with Crippen LogP contribution >= 0.6 is 0 Å². The molecule has 26 heavy (non-hydrogen) atoms. The van der Waals surface area contributed by atoms with Crippen LogP contribution < -0.4 is 4.74 Å². The minimum atomic E-state index is -0.820. The minimum absolute atomic E-state index is 0.410. The van der Waals surface area contributed by atoms with Gasteiger partial charge in [0.1, 0.15) is 12.4 Å². The molecule has 0 aliphatic carbocycles. The van der Waals surface area contributed by atoms with Crippen molar-refractivity contribution in [3.8, 4) is 5.75 Å². The van der Waals surface area contributed by atoms with Crippen LogP contribution in [0.25, 0.3) is 0 Å². The van der Waals surface area contributed by atoms with Gasteiger partial charge in [0.25, 0.3) is 0 Å². The fourth-order valence-electron chi connectivity index (χ4n) is 3.18. The third-order valence-electron chi connectivity index (χ3n) is 4.67. The predicted molar refractivity (Wildman–Crippen MR) is 99.7 cm³/mol. The lowest BCUT2D eigenvalue weighted by atomic mass is 9.92. The molecule has 5 nitrogen and oxygen atoms in total. The zero-order chi connectivity index (χ0) is 18.2. The highest BCUT2D eigenvalue weighted by molar-refractivity contribution is 5.76. The van der Waals surface area contributed by atoms with Crippen molar-refractivity contribution in [3.05, 3.63) is 65.7 Å². The molecule has 1 unspecified atom stereocenters. The van der Waals surface area contributed by atoms with Crippen molar-refractivity contribution in [1.82, 2.24) is 4.90 Å². The number of para-hydroxylation sites is 1. The summed E-state index contributed by atoms with van der Waals surface area (Å²) in [6.07, 6.45) is 0.410. The van der Waals surface area contributed by atoms with E-state index in [4.69, 9.17) is 9.47 Å². The van der Waals surface area contributed by atoms with E-state index in [9.17, 15) is 9.90 Å². The number of carboxylic acids is 1. The zero-order valence-corrected chi connectivity index (χ0v) is 14.8. The molecule has 0 aromatic heterocycles. The van der Waals surface area contributed by atoms with E-state index in [1.807, 2.05) is 54.6 Å². The normalized spacial score (nSPS) is 16.2. The zero-order valence-electron chi connectivity index (χ0n) is 14.8. The number of carbonyl (C=O) groups is 1. The second kappa shape index (κ2) is 9.36. The maximum Gasteiger partial charge on any atom is 0.311 e. The number of hydrogen-bond donors (Lipinski definition) is 1. The van der Waals surface area contributed by atoms with Gasteiger partial charge in [0.15, 0.2) is 0 Å².